The first-order valence-electron chi connectivity index (χ1n) is 14.3. The van der Waals surface area contributed by atoms with Gasteiger partial charge in [-0.15, -0.1) is 0 Å². The summed E-state index contributed by atoms with van der Waals surface area (Å²) in [5.41, 5.74) is 6.71. The molecule has 0 spiro atoms. The van der Waals surface area contributed by atoms with Crippen LogP contribution in [0.4, 0.5) is 0 Å². The fraction of sp³-hybridized carbons (Fsp3) is 0.485. The molecule has 6 nitrogen and oxygen atoms in total. The molecule has 6 heteroatoms. The second-order valence-corrected chi connectivity index (χ2v) is 12.3. The van der Waals surface area contributed by atoms with E-state index in [1.807, 2.05) is 6.08 Å². The number of rotatable bonds is 6. The third-order valence-corrected chi connectivity index (χ3v) is 8.22. The first kappa shape index (κ1) is 27.1. The quantitative estimate of drug-likeness (QED) is 0.361. The minimum atomic E-state index is -0.247. The van der Waals surface area contributed by atoms with Crippen molar-refractivity contribution in [3.63, 3.8) is 0 Å². The van der Waals surface area contributed by atoms with Gasteiger partial charge in [0.2, 0.25) is 5.91 Å². The summed E-state index contributed by atoms with van der Waals surface area (Å²) >= 11 is 0. The molecule has 1 saturated heterocycles. The monoisotopic (exact) mass is 524 g/mol. The zero-order valence-electron chi connectivity index (χ0n) is 24.0. The topological polar surface area (TPSA) is 79.9 Å². The molecule has 1 aromatic carbocycles. The van der Waals surface area contributed by atoms with Gasteiger partial charge in [0.1, 0.15) is 11.7 Å². The van der Waals surface area contributed by atoms with Gasteiger partial charge in [0.25, 0.3) is 0 Å². The van der Waals surface area contributed by atoms with Crippen LogP contribution in [0.2, 0.25) is 0 Å². The van der Waals surface area contributed by atoms with Crippen LogP contribution >= 0.6 is 0 Å². The highest BCUT2D eigenvalue weighted by molar-refractivity contribution is 5.96. The molecule has 39 heavy (non-hydrogen) atoms. The van der Waals surface area contributed by atoms with Crippen LogP contribution in [0.1, 0.15) is 112 Å². The van der Waals surface area contributed by atoms with Crippen molar-refractivity contribution >= 4 is 23.0 Å². The average Bonchev–Trinajstić information content (AvgIpc) is 3.44. The summed E-state index contributed by atoms with van der Waals surface area (Å²) in [6.07, 6.45) is 6.91. The number of fused-ring (bicyclic) bond motifs is 2. The lowest BCUT2D eigenvalue weighted by atomic mass is 9.94. The standard InChI is InChI=1S/C33H40N4O2/c1-20(2)25-17-27(21(3)4)36-32-31(25)26(19-34)29(37(32)28-12-11-22-9-7-8-10-24(22)28)13-14-30(38)35-23-15-16-39-33(5,6)18-23/h7-10,13-14,17,20-21,23,28H,11-12,15-16,18H2,1-6H3,(H,35,38). The molecular weight excluding hydrogens is 484 g/mol. The Kier molecular flexibility index (Phi) is 7.39. The summed E-state index contributed by atoms with van der Waals surface area (Å²) < 4.78 is 8.05. The Morgan fingerprint density at radius 3 is 2.67 bits per heavy atom. The zero-order chi connectivity index (χ0) is 27.9. The van der Waals surface area contributed by atoms with Gasteiger partial charge in [0, 0.05) is 29.8 Å². The van der Waals surface area contributed by atoms with Crippen LogP contribution in [0.3, 0.4) is 0 Å². The van der Waals surface area contributed by atoms with Gasteiger partial charge in [-0.3, -0.25) is 4.79 Å². The van der Waals surface area contributed by atoms with E-state index in [9.17, 15) is 10.1 Å². The molecule has 2 unspecified atom stereocenters. The summed E-state index contributed by atoms with van der Waals surface area (Å²) in [7, 11) is 0. The normalized spacial score (nSPS) is 20.6. The van der Waals surface area contributed by atoms with Crippen molar-refractivity contribution in [2.75, 3.05) is 6.61 Å². The van der Waals surface area contributed by atoms with Crippen molar-refractivity contribution < 1.29 is 9.53 Å². The molecule has 0 radical (unpaired) electrons. The van der Waals surface area contributed by atoms with Gasteiger partial charge in [0.05, 0.1) is 22.9 Å². The number of carbonyl (C=O) groups excluding carboxylic acids is 1. The minimum absolute atomic E-state index is 0.0553. The van der Waals surface area contributed by atoms with E-state index in [2.05, 4.69) is 87.8 Å². The van der Waals surface area contributed by atoms with E-state index in [-0.39, 0.29) is 35.4 Å². The second kappa shape index (κ2) is 10.6. The van der Waals surface area contributed by atoms with Crippen LogP contribution in [0.5, 0.6) is 0 Å². The van der Waals surface area contributed by atoms with Crippen molar-refractivity contribution in [3.05, 3.63) is 70.0 Å². The number of hydrogen-bond acceptors (Lipinski definition) is 4. The molecule has 1 aliphatic heterocycles. The van der Waals surface area contributed by atoms with Crippen molar-refractivity contribution in [2.45, 2.75) is 96.7 Å². The van der Waals surface area contributed by atoms with E-state index in [1.165, 1.54) is 11.1 Å². The Labute approximate surface area is 232 Å². The van der Waals surface area contributed by atoms with Gasteiger partial charge in [-0.1, -0.05) is 52.0 Å². The van der Waals surface area contributed by atoms with Crippen molar-refractivity contribution in [1.29, 1.82) is 5.26 Å². The third-order valence-electron chi connectivity index (χ3n) is 8.22. The number of hydrogen-bond donors (Lipinski definition) is 1. The third kappa shape index (κ3) is 5.25. The molecule has 1 aliphatic carbocycles. The maximum absolute atomic E-state index is 13.1. The number of amides is 1. The van der Waals surface area contributed by atoms with Crippen LogP contribution < -0.4 is 5.32 Å². The number of aromatic nitrogens is 2. The lowest BCUT2D eigenvalue weighted by Crippen LogP contribution is -2.45. The SMILES string of the molecule is CC(C)c1cc(C(C)C)c2c(C#N)c(C=CC(=O)NC3CCOC(C)(C)C3)n(C3CCc4ccccc43)c2n1. The number of carbonyl (C=O) groups is 1. The number of nitrogens with zero attached hydrogens (tertiary/aromatic N) is 3. The fourth-order valence-electron chi connectivity index (χ4n) is 6.27. The molecule has 2 aromatic heterocycles. The number of aryl methyl sites for hydroxylation is 1. The van der Waals surface area contributed by atoms with Gasteiger partial charge in [-0.05, 0) is 80.2 Å². The van der Waals surface area contributed by atoms with Gasteiger partial charge in [0.15, 0.2) is 0 Å². The van der Waals surface area contributed by atoms with Crippen LogP contribution in [-0.2, 0) is 16.0 Å². The lowest BCUT2D eigenvalue weighted by molar-refractivity contribution is -0.119. The molecule has 2 atom stereocenters. The first-order chi connectivity index (χ1) is 18.6. The molecule has 5 rings (SSSR count). The van der Waals surface area contributed by atoms with Gasteiger partial charge >= 0.3 is 0 Å². The predicted octanol–water partition coefficient (Wildman–Crippen LogP) is 6.78. The van der Waals surface area contributed by atoms with Crippen molar-refractivity contribution in [2.24, 2.45) is 0 Å². The molecular formula is C33H40N4O2. The van der Waals surface area contributed by atoms with Gasteiger partial charge < -0.3 is 14.6 Å². The van der Waals surface area contributed by atoms with E-state index in [0.29, 0.717) is 12.2 Å². The highest BCUT2D eigenvalue weighted by Crippen LogP contribution is 2.42. The minimum Gasteiger partial charge on any atom is -0.375 e. The van der Waals surface area contributed by atoms with Crippen LogP contribution in [0, 0.1) is 11.3 Å². The summed E-state index contributed by atoms with van der Waals surface area (Å²) in [5.74, 6) is 0.332. The molecule has 1 amide bonds. The fourth-order valence-corrected chi connectivity index (χ4v) is 6.27. The number of benzene rings is 1. The zero-order valence-corrected chi connectivity index (χ0v) is 24.0. The van der Waals surface area contributed by atoms with E-state index >= 15 is 0 Å². The average molecular weight is 525 g/mol. The number of nitrogens with one attached hydrogen (secondary N) is 1. The summed E-state index contributed by atoms with van der Waals surface area (Å²) in [5, 5.41) is 14.6. The molecule has 3 aromatic rings. The maximum Gasteiger partial charge on any atom is 0.244 e. The summed E-state index contributed by atoms with van der Waals surface area (Å²) in [6, 6.07) is 13.3. The number of nitriles is 1. The summed E-state index contributed by atoms with van der Waals surface area (Å²) in [4.78, 5) is 18.3. The molecule has 1 N–H and O–H groups in total. The Morgan fingerprint density at radius 2 is 1.97 bits per heavy atom. The van der Waals surface area contributed by atoms with E-state index in [0.717, 1.165) is 53.7 Å². The van der Waals surface area contributed by atoms with Gasteiger partial charge in [-0.25, -0.2) is 4.98 Å². The van der Waals surface area contributed by atoms with Crippen molar-refractivity contribution in [1.82, 2.24) is 14.9 Å². The van der Waals surface area contributed by atoms with E-state index < -0.39 is 0 Å². The predicted molar refractivity (Wildman–Crippen MR) is 156 cm³/mol. The Morgan fingerprint density at radius 1 is 1.21 bits per heavy atom. The Hall–Kier alpha value is -3.43. The van der Waals surface area contributed by atoms with Crippen molar-refractivity contribution in [3.8, 4) is 6.07 Å². The second-order valence-electron chi connectivity index (χ2n) is 12.3. The van der Waals surface area contributed by atoms with E-state index in [1.54, 1.807) is 6.08 Å². The smallest absolute Gasteiger partial charge is 0.244 e. The number of pyridine rings is 1. The highest BCUT2D eigenvalue weighted by atomic mass is 16.5. The molecule has 204 valence electrons. The lowest BCUT2D eigenvalue weighted by Gasteiger charge is -2.35. The van der Waals surface area contributed by atoms with Crippen LogP contribution in [-0.4, -0.2) is 33.7 Å². The van der Waals surface area contributed by atoms with E-state index in [4.69, 9.17) is 9.72 Å². The Bertz CT molecular complexity index is 1470. The molecule has 0 bridgehead atoms. The first-order valence-corrected chi connectivity index (χ1v) is 14.3. The van der Waals surface area contributed by atoms with Crippen LogP contribution in [0.25, 0.3) is 17.1 Å². The van der Waals surface area contributed by atoms with Crippen LogP contribution in [0.15, 0.2) is 36.4 Å². The summed E-state index contributed by atoms with van der Waals surface area (Å²) in [6.45, 7) is 13.4. The molecule has 3 heterocycles. The van der Waals surface area contributed by atoms with Gasteiger partial charge in [-0.2, -0.15) is 5.26 Å². The molecule has 0 saturated carbocycles. The Balaban J connectivity index is 1.65. The molecule has 1 fully saturated rings. The highest BCUT2D eigenvalue weighted by Gasteiger charge is 2.32. The largest absolute Gasteiger partial charge is 0.375 e. The molecule has 2 aliphatic rings. The maximum atomic E-state index is 13.1. The number of ether oxygens (including phenoxy) is 1.